The Balaban J connectivity index is 1.96. The highest BCUT2D eigenvalue weighted by molar-refractivity contribution is 9.10. The van der Waals surface area contributed by atoms with Crippen LogP contribution in [0.25, 0.3) is 6.08 Å². The molecule has 0 unspecified atom stereocenters. The molecule has 0 radical (unpaired) electrons. The lowest BCUT2D eigenvalue weighted by atomic mass is 10.2. The molecule has 0 saturated carbocycles. The minimum absolute atomic E-state index is 0.00666. The molecule has 2 rings (SSSR count). The molecule has 0 spiro atoms. The highest BCUT2D eigenvalue weighted by Crippen LogP contribution is 2.11. The minimum Gasteiger partial charge on any atom is -0.354 e. The zero-order valence-corrected chi connectivity index (χ0v) is 12.0. The summed E-state index contributed by atoms with van der Waals surface area (Å²) >= 11 is 3.36. The molecule has 1 aromatic rings. The maximum atomic E-state index is 12.0. The molecule has 1 aliphatic rings. The van der Waals surface area contributed by atoms with Crippen molar-refractivity contribution in [2.75, 3.05) is 19.6 Å². The summed E-state index contributed by atoms with van der Waals surface area (Å²) in [6.45, 7) is 1.57. The van der Waals surface area contributed by atoms with Crippen LogP contribution in [0.15, 0.2) is 34.8 Å². The minimum atomic E-state index is -0.0561. The van der Waals surface area contributed by atoms with Crippen molar-refractivity contribution >= 4 is 33.8 Å². The number of carbonyl (C=O) groups is 2. The third-order valence-electron chi connectivity index (χ3n) is 2.91. The Labute approximate surface area is 120 Å². The predicted octanol–water partition coefficient (Wildman–Crippen LogP) is 1.81. The van der Waals surface area contributed by atoms with Gasteiger partial charge < -0.3 is 10.2 Å². The van der Waals surface area contributed by atoms with Crippen LogP contribution in [-0.4, -0.2) is 36.3 Å². The Morgan fingerprint density at radius 2 is 2.00 bits per heavy atom. The van der Waals surface area contributed by atoms with Crippen molar-refractivity contribution in [1.82, 2.24) is 10.2 Å². The second-order valence-corrected chi connectivity index (χ2v) is 5.23. The fourth-order valence-electron chi connectivity index (χ4n) is 1.83. The number of carbonyl (C=O) groups excluding carboxylic acids is 2. The lowest BCUT2D eigenvalue weighted by Crippen LogP contribution is -2.32. The molecule has 1 saturated heterocycles. The molecule has 0 aliphatic carbocycles. The quantitative estimate of drug-likeness (QED) is 0.844. The normalized spacial score (nSPS) is 16.3. The molecule has 100 valence electrons. The van der Waals surface area contributed by atoms with Crippen molar-refractivity contribution in [3.63, 3.8) is 0 Å². The highest BCUT2D eigenvalue weighted by Gasteiger charge is 2.16. The van der Waals surface area contributed by atoms with Crippen LogP contribution in [0.2, 0.25) is 0 Å². The lowest BCUT2D eigenvalue weighted by molar-refractivity contribution is -0.125. The largest absolute Gasteiger partial charge is 0.354 e. The topological polar surface area (TPSA) is 49.4 Å². The number of amides is 2. The van der Waals surface area contributed by atoms with Gasteiger partial charge in [-0.05, 0) is 23.8 Å². The van der Waals surface area contributed by atoms with Crippen LogP contribution in [0.5, 0.6) is 0 Å². The number of rotatable bonds is 2. The first-order valence-electron chi connectivity index (χ1n) is 6.14. The van der Waals surface area contributed by atoms with Gasteiger partial charge in [0.1, 0.15) is 0 Å². The predicted molar refractivity (Wildman–Crippen MR) is 77.4 cm³/mol. The van der Waals surface area contributed by atoms with Crippen LogP contribution in [0.4, 0.5) is 0 Å². The van der Waals surface area contributed by atoms with Crippen molar-refractivity contribution in [3.05, 3.63) is 40.4 Å². The van der Waals surface area contributed by atoms with Gasteiger partial charge in [0.15, 0.2) is 0 Å². The second-order valence-electron chi connectivity index (χ2n) is 4.31. The number of halogens is 1. The van der Waals surface area contributed by atoms with Crippen LogP contribution in [0.3, 0.4) is 0 Å². The van der Waals surface area contributed by atoms with Crippen molar-refractivity contribution in [1.29, 1.82) is 0 Å². The average Bonchev–Trinajstić information content (AvgIpc) is 2.63. The first-order valence-corrected chi connectivity index (χ1v) is 6.94. The van der Waals surface area contributed by atoms with Crippen LogP contribution in [-0.2, 0) is 9.59 Å². The van der Waals surface area contributed by atoms with Crippen LogP contribution in [0.1, 0.15) is 12.0 Å². The van der Waals surface area contributed by atoms with Crippen molar-refractivity contribution in [3.8, 4) is 0 Å². The summed E-state index contributed by atoms with van der Waals surface area (Å²) in [5.74, 6) is -0.0494. The monoisotopic (exact) mass is 322 g/mol. The van der Waals surface area contributed by atoms with Crippen LogP contribution < -0.4 is 5.32 Å². The molecule has 4 nitrogen and oxygen atoms in total. The zero-order valence-electron chi connectivity index (χ0n) is 10.4. The molecule has 1 fully saturated rings. The van der Waals surface area contributed by atoms with Gasteiger partial charge >= 0.3 is 0 Å². The molecule has 0 bridgehead atoms. The zero-order chi connectivity index (χ0) is 13.7. The van der Waals surface area contributed by atoms with Crippen LogP contribution in [0, 0.1) is 0 Å². The molecule has 1 aromatic carbocycles. The number of nitrogens with zero attached hydrogens (tertiary/aromatic N) is 1. The van der Waals surface area contributed by atoms with Gasteiger partial charge in [0, 0.05) is 36.6 Å². The summed E-state index contributed by atoms with van der Waals surface area (Å²) in [4.78, 5) is 24.9. The van der Waals surface area contributed by atoms with Gasteiger partial charge in [-0.1, -0.05) is 28.1 Å². The van der Waals surface area contributed by atoms with E-state index in [4.69, 9.17) is 0 Å². The Morgan fingerprint density at radius 3 is 2.74 bits per heavy atom. The summed E-state index contributed by atoms with van der Waals surface area (Å²) in [5, 5.41) is 2.75. The summed E-state index contributed by atoms with van der Waals surface area (Å²) in [7, 11) is 0. The van der Waals surface area contributed by atoms with E-state index in [-0.39, 0.29) is 11.8 Å². The molecular weight excluding hydrogens is 308 g/mol. The maximum Gasteiger partial charge on any atom is 0.246 e. The van der Waals surface area contributed by atoms with E-state index in [0.717, 1.165) is 10.0 Å². The SMILES string of the molecule is O=C1CCN(C(=O)/C=C/c2ccc(Br)cc2)CCN1. The Hall–Kier alpha value is -1.62. The van der Waals surface area contributed by atoms with Gasteiger partial charge in [-0.15, -0.1) is 0 Å². The van der Waals surface area contributed by atoms with Crippen molar-refractivity contribution < 1.29 is 9.59 Å². The molecule has 0 aromatic heterocycles. The summed E-state index contributed by atoms with van der Waals surface area (Å²) < 4.78 is 1.01. The molecular formula is C14H15BrN2O2. The van der Waals surface area contributed by atoms with E-state index in [1.165, 1.54) is 0 Å². The molecule has 2 amide bonds. The van der Waals surface area contributed by atoms with Gasteiger partial charge in [-0.2, -0.15) is 0 Å². The standard InChI is InChI=1S/C14H15BrN2O2/c15-12-4-1-11(2-5-12)3-6-14(19)17-9-7-13(18)16-8-10-17/h1-6H,7-10H2,(H,16,18)/b6-3+. The van der Waals surface area contributed by atoms with E-state index in [0.29, 0.717) is 26.1 Å². The smallest absolute Gasteiger partial charge is 0.246 e. The molecule has 1 heterocycles. The third kappa shape index (κ3) is 4.21. The summed E-state index contributed by atoms with van der Waals surface area (Å²) in [6.07, 6.45) is 3.71. The van der Waals surface area contributed by atoms with Gasteiger partial charge in [-0.25, -0.2) is 0 Å². The van der Waals surface area contributed by atoms with Crippen molar-refractivity contribution in [2.45, 2.75) is 6.42 Å². The second kappa shape index (κ2) is 6.52. The van der Waals surface area contributed by atoms with Gasteiger partial charge in [0.25, 0.3) is 0 Å². The van der Waals surface area contributed by atoms with Gasteiger partial charge in [0.2, 0.25) is 11.8 Å². The number of benzene rings is 1. The fourth-order valence-corrected chi connectivity index (χ4v) is 2.10. The van der Waals surface area contributed by atoms with Crippen molar-refractivity contribution in [2.24, 2.45) is 0 Å². The molecule has 0 atom stereocenters. The van der Waals surface area contributed by atoms with E-state index < -0.39 is 0 Å². The van der Waals surface area contributed by atoms with E-state index in [1.54, 1.807) is 17.1 Å². The molecule has 1 aliphatic heterocycles. The molecule has 19 heavy (non-hydrogen) atoms. The van der Waals surface area contributed by atoms with Gasteiger partial charge in [0.05, 0.1) is 0 Å². The van der Waals surface area contributed by atoms with E-state index >= 15 is 0 Å². The van der Waals surface area contributed by atoms with E-state index in [2.05, 4.69) is 21.2 Å². The third-order valence-corrected chi connectivity index (χ3v) is 3.44. The molecule has 1 N–H and O–H groups in total. The average molecular weight is 323 g/mol. The Morgan fingerprint density at radius 1 is 1.26 bits per heavy atom. The number of hydrogen-bond donors (Lipinski definition) is 1. The summed E-state index contributed by atoms with van der Waals surface area (Å²) in [5.41, 5.74) is 0.973. The first-order chi connectivity index (χ1) is 9.15. The first kappa shape index (κ1) is 13.8. The van der Waals surface area contributed by atoms with Crippen LogP contribution >= 0.6 is 15.9 Å². The number of nitrogens with one attached hydrogen (secondary N) is 1. The number of hydrogen-bond acceptors (Lipinski definition) is 2. The molecule has 5 heteroatoms. The fraction of sp³-hybridized carbons (Fsp3) is 0.286. The maximum absolute atomic E-state index is 12.0. The lowest BCUT2D eigenvalue weighted by Gasteiger charge is -2.17. The van der Waals surface area contributed by atoms with E-state index in [9.17, 15) is 9.59 Å². The Bertz CT molecular complexity index is 497. The highest BCUT2D eigenvalue weighted by atomic mass is 79.9. The van der Waals surface area contributed by atoms with E-state index in [1.807, 2.05) is 24.3 Å². The van der Waals surface area contributed by atoms with Gasteiger partial charge in [-0.3, -0.25) is 9.59 Å². The Kier molecular flexibility index (Phi) is 4.74. The summed E-state index contributed by atoms with van der Waals surface area (Å²) in [6, 6.07) is 7.72.